The van der Waals surface area contributed by atoms with Crippen LogP contribution in [0.3, 0.4) is 0 Å². The summed E-state index contributed by atoms with van der Waals surface area (Å²) in [5.74, 6) is 0. The molecule has 0 N–H and O–H groups in total. The number of aldehydes is 1. The van der Waals surface area contributed by atoms with Gasteiger partial charge in [-0.25, -0.2) is 9.97 Å². The number of aromatic nitrogens is 6. The molecule has 0 aromatic carbocycles. The van der Waals surface area contributed by atoms with Crippen molar-refractivity contribution in [1.29, 1.82) is 0 Å². The lowest BCUT2D eigenvalue weighted by Crippen LogP contribution is -2.27. The van der Waals surface area contributed by atoms with Crippen LogP contribution < -0.4 is 20.6 Å². The predicted octanol–water partition coefficient (Wildman–Crippen LogP) is 0.172. The minimum absolute atomic E-state index is 0.0314. The summed E-state index contributed by atoms with van der Waals surface area (Å²) in [5.41, 5.74) is 0.470. The molecular formula is C22H22N6O7. The molecular weight excluding hydrogens is 460 g/mol. The van der Waals surface area contributed by atoms with Crippen molar-refractivity contribution >= 4 is 28.4 Å². The number of hydrogen-bond donors (Lipinski definition) is 0. The SMILES string of the molecule is COc1ncc2ccc(=O)n(CC3OCCO3)c2n1.COc1ncc2ccc(=O)n(CC=O)c2n1. The van der Waals surface area contributed by atoms with Crippen molar-refractivity contribution in [2.24, 2.45) is 0 Å². The van der Waals surface area contributed by atoms with Crippen LogP contribution in [0.5, 0.6) is 12.0 Å². The van der Waals surface area contributed by atoms with Gasteiger partial charge in [-0.15, -0.1) is 0 Å². The largest absolute Gasteiger partial charge is 0.467 e. The standard InChI is InChI=1S/C12H13N3O4.C10H9N3O3/c1-17-12-13-6-8-2-3-9(16)15(11(8)14-12)7-10-18-4-5-19-10;1-16-10-11-6-7-2-3-8(15)13(4-5-14)9(7)12-10/h2-3,6,10H,4-5,7H2,1H3;2-3,5-6H,4H2,1H3. The number of methoxy groups -OCH3 is 2. The Balaban J connectivity index is 0.000000168. The summed E-state index contributed by atoms with van der Waals surface area (Å²) in [6, 6.07) is 6.54. The van der Waals surface area contributed by atoms with E-state index in [0.717, 1.165) is 5.39 Å². The van der Waals surface area contributed by atoms with Gasteiger partial charge in [0.15, 0.2) is 6.29 Å². The maximum absolute atomic E-state index is 12.0. The fourth-order valence-electron chi connectivity index (χ4n) is 3.40. The first-order valence-electron chi connectivity index (χ1n) is 10.5. The molecule has 1 aliphatic rings. The lowest BCUT2D eigenvalue weighted by atomic mass is 10.3. The number of hydrogen-bond acceptors (Lipinski definition) is 11. The monoisotopic (exact) mass is 482 g/mol. The van der Waals surface area contributed by atoms with Crippen molar-refractivity contribution in [3.63, 3.8) is 0 Å². The first-order valence-corrected chi connectivity index (χ1v) is 10.5. The van der Waals surface area contributed by atoms with Gasteiger partial charge in [0.25, 0.3) is 11.1 Å². The Labute approximate surface area is 197 Å². The van der Waals surface area contributed by atoms with E-state index in [-0.39, 0.29) is 29.7 Å². The smallest absolute Gasteiger partial charge is 0.318 e. The highest BCUT2D eigenvalue weighted by Gasteiger charge is 2.18. The highest BCUT2D eigenvalue weighted by molar-refractivity contribution is 5.75. The van der Waals surface area contributed by atoms with Crippen molar-refractivity contribution in [3.8, 4) is 12.0 Å². The Hall–Kier alpha value is -4.23. The highest BCUT2D eigenvalue weighted by atomic mass is 16.7. The Morgan fingerprint density at radius 1 is 0.886 bits per heavy atom. The van der Waals surface area contributed by atoms with E-state index in [1.54, 1.807) is 24.5 Å². The molecule has 4 aromatic heterocycles. The predicted molar refractivity (Wildman–Crippen MR) is 122 cm³/mol. The number of rotatable bonds is 6. The second-order valence-corrected chi connectivity index (χ2v) is 7.17. The van der Waals surface area contributed by atoms with E-state index < -0.39 is 6.29 Å². The van der Waals surface area contributed by atoms with E-state index in [1.807, 2.05) is 0 Å². The average molecular weight is 482 g/mol. The molecule has 0 unspecified atom stereocenters. The van der Waals surface area contributed by atoms with Crippen LogP contribution >= 0.6 is 0 Å². The summed E-state index contributed by atoms with van der Waals surface area (Å²) in [6.07, 6.45) is 3.40. The summed E-state index contributed by atoms with van der Waals surface area (Å²) in [7, 11) is 2.92. The first kappa shape index (κ1) is 23.9. The second-order valence-electron chi connectivity index (χ2n) is 7.17. The second kappa shape index (κ2) is 10.8. The highest BCUT2D eigenvalue weighted by Crippen LogP contribution is 2.14. The van der Waals surface area contributed by atoms with Gasteiger partial charge in [0.05, 0.1) is 40.5 Å². The molecule has 1 fully saturated rings. The van der Waals surface area contributed by atoms with E-state index in [1.165, 1.54) is 35.5 Å². The zero-order valence-electron chi connectivity index (χ0n) is 19.0. The average Bonchev–Trinajstić information content (AvgIpc) is 3.40. The van der Waals surface area contributed by atoms with E-state index in [4.69, 9.17) is 18.9 Å². The Bertz CT molecular complexity index is 1460. The molecule has 182 valence electrons. The topological polar surface area (TPSA) is 150 Å². The van der Waals surface area contributed by atoms with Gasteiger partial charge >= 0.3 is 12.0 Å². The minimum atomic E-state index is -0.413. The van der Waals surface area contributed by atoms with Crippen molar-refractivity contribution in [2.75, 3.05) is 27.4 Å². The molecule has 35 heavy (non-hydrogen) atoms. The van der Waals surface area contributed by atoms with Crippen molar-refractivity contribution in [2.45, 2.75) is 19.4 Å². The van der Waals surface area contributed by atoms with E-state index in [2.05, 4.69) is 19.9 Å². The number of carbonyl (C=O) groups excluding carboxylic acids is 1. The van der Waals surface area contributed by atoms with Gasteiger partial charge in [0, 0.05) is 35.3 Å². The van der Waals surface area contributed by atoms with Gasteiger partial charge < -0.3 is 23.7 Å². The maximum Gasteiger partial charge on any atom is 0.318 e. The minimum Gasteiger partial charge on any atom is -0.467 e. The lowest BCUT2D eigenvalue weighted by molar-refractivity contribution is -0.108. The van der Waals surface area contributed by atoms with Crippen LogP contribution in [0.2, 0.25) is 0 Å². The molecule has 0 spiro atoms. The molecule has 0 saturated carbocycles. The van der Waals surface area contributed by atoms with Crippen LogP contribution in [0, 0.1) is 0 Å². The molecule has 1 saturated heterocycles. The number of ether oxygens (including phenoxy) is 4. The normalized spacial score (nSPS) is 13.4. The molecule has 0 amide bonds. The number of pyridine rings is 2. The number of nitrogens with zero attached hydrogens (tertiary/aromatic N) is 6. The molecule has 13 heteroatoms. The van der Waals surface area contributed by atoms with Gasteiger partial charge in [-0.2, -0.15) is 9.97 Å². The van der Waals surface area contributed by atoms with E-state index >= 15 is 0 Å². The van der Waals surface area contributed by atoms with Crippen LogP contribution in [0.1, 0.15) is 0 Å². The van der Waals surface area contributed by atoms with E-state index in [0.29, 0.717) is 42.7 Å². The number of fused-ring (bicyclic) bond motifs is 2. The quantitative estimate of drug-likeness (QED) is 0.346. The van der Waals surface area contributed by atoms with Crippen LogP contribution in [0.25, 0.3) is 22.1 Å². The Kier molecular flexibility index (Phi) is 7.38. The molecule has 13 nitrogen and oxygen atoms in total. The van der Waals surface area contributed by atoms with Crippen molar-refractivity contribution < 1.29 is 23.7 Å². The lowest BCUT2D eigenvalue weighted by Gasteiger charge is -2.13. The van der Waals surface area contributed by atoms with E-state index in [9.17, 15) is 14.4 Å². The maximum atomic E-state index is 12.0. The first-order chi connectivity index (χ1) is 17.0. The fraction of sp³-hybridized carbons (Fsp3) is 0.318. The molecule has 0 radical (unpaired) electrons. The van der Waals surface area contributed by atoms with Gasteiger partial charge in [-0.1, -0.05) is 0 Å². The zero-order chi connectivity index (χ0) is 24.8. The molecule has 5 rings (SSSR count). The van der Waals surface area contributed by atoms with Crippen LogP contribution in [0.4, 0.5) is 0 Å². The van der Waals surface area contributed by atoms with Gasteiger partial charge in [0.2, 0.25) is 0 Å². The number of carbonyl (C=O) groups is 1. The molecule has 1 aliphatic heterocycles. The summed E-state index contributed by atoms with van der Waals surface area (Å²) < 4.78 is 23.4. The summed E-state index contributed by atoms with van der Waals surface area (Å²) in [4.78, 5) is 50.2. The molecule has 0 atom stereocenters. The third-order valence-corrected chi connectivity index (χ3v) is 5.05. The fourth-order valence-corrected chi connectivity index (χ4v) is 3.40. The van der Waals surface area contributed by atoms with Gasteiger partial charge in [-0.05, 0) is 12.1 Å². The Morgan fingerprint density at radius 2 is 1.40 bits per heavy atom. The zero-order valence-corrected chi connectivity index (χ0v) is 19.0. The molecule has 5 heterocycles. The van der Waals surface area contributed by atoms with Crippen LogP contribution in [-0.4, -0.2) is 69.1 Å². The van der Waals surface area contributed by atoms with Crippen molar-refractivity contribution in [3.05, 3.63) is 57.4 Å². The van der Waals surface area contributed by atoms with Crippen molar-refractivity contribution in [1.82, 2.24) is 29.1 Å². The van der Waals surface area contributed by atoms with Crippen LogP contribution in [0.15, 0.2) is 46.2 Å². The molecule has 0 aliphatic carbocycles. The molecule has 0 bridgehead atoms. The Morgan fingerprint density at radius 3 is 1.91 bits per heavy atom. The third kappa shape index (κ3) is 5.31. The van der Waals surface area contributed by atoms with Gasteiger partial charge in [-0.3, -0.25) is 18.7 Å². The van der Waals surface area contributed by atoms with Crippen LogP contribution in [-0.2, 0) is 27.4 Å². The summed E-state index contributed by atoms with van der Waals surface area (Å²) in [6.45, 7) is 1.36. The molecule has 4 aromatic rings. The van der Waals surface area contributed by atoms with Gasteiger partial charge in [0.1, 0.15) is 17.6 Å². The summed E-state index contributed by atoms with van der Waals surface area (Å²) >= 11 is 0. The third-order valence-electron chi connectivity index (χ3n) is 5.05. The summed E-state index contributed by atoms with van der Waals surface area (Å²) in [5, 5.41) is 1.45.